The lowest BCUT2D eigenvalue weighted by Crippen LogP contribution is -2.40. The van der Waals surface area contributed by atoms with E-state index in [0.717, 1.165) is 57.7 Å². The molecule has 0 saturated carbocycles. The maximum Gasteiger partial charge on any atom is 0.224 e. The summed E-state index contributed by atoms with van der Waals surface area (Å²) in [6, 6.07) is 5.83. The summed E-state index contributed by atoms with van der Waals surface area (Å²) in [4.78, 5) is 16.1. The predicted octanol–water partition coefficient (Wildman–Crippen LogP) is 2.23. The Morgan fingerprint density at radius 3 is 2.77 bits per heavy atom. The molecule has 0 radical (unpaired) electrons. The second-order valence-corrected chi connectivity index (χ2v) is 5.18. The molecule has 0 spiro atoms. The molecule has 1 aliphatic rings. The van der Waals surface area contributed by atoms with Gasteiger partial charge in [0.1, 0.15) is 5.82 Å². The molecule has 1 fully saturated rings. The van der Waals surface area contributed by atoms with Crippen molar-refractivity contribution >= 4 is 36.5 Å². The van der Waals surface area contributed by atoms with E-state index in [1.54, 1.807) is 6.20 Å². The van der Waals surface area contributed by atoms with E-state index in [2.05, 4.69) is 20.9 Å². The van der Waals surface area contributed by atoms with Crippen molar-refractivity contribution in [2.45, 2.75) is 25.7 Å². The van der Waals surface area contributed by atoms with Gasteiger partial charge in [0.25, 0.3) is 0 Å². The molecule has 1 unspecified atom stereocenters. The van der Waals surface area contributed by atoms with Gasteiger partial charge >= 0.3 is 0 Å². The van der Waals surface area contributed by atoms with Gasteiger partial charge in [-0.3, -0.25) is 4.79 Å². The van der Waals surface area contributed by atoms with Crippen molar-refractivity contribution < 1.29 is 4.79 Å². The summed E-state index contributed by atoms with van der Waals surface area (Å²) in [7, 11) is 0. The lowest BCUT2D eigenvalue weighted by atomic mass is 9.99. The van der Waals surface area contributed by atoms with Crippen LogP contribution in [0.4, 0.5) is 5.82 Å². The van der Waals surface area contributed by atoms with Gasteiger partial charge in [-0.1, -0.05) is 6.07 Å². The number of amides is 1. The molecule has 22 heavy (non-hydrogen) atoms. The number of nitrogens with one attached hydrogen (secondary N) is 3. The van der Waals surface area contributed by atoms with Gasteiger partial charge < -0.3 is 16.0 Å². The number of hydrogen-bond donors (Lipinski definition) is 3. The number of piperidine rings is 1. The Balaban J connectivity index is 0.00000220. The van der Waals surface area contributed by atoms with Gasteiger partial charge in [0.15, 0.2) is 0 Å². The fourth-order valence-electron chi connectivity index (χ4n) is 2.37. The van der Waals surface area contributed by atoms with Crippen LogP contribution in [0.2, 0.25) is 0 Å². The van der Waals surface area contributed by atoms with Gasteiger partial charge in [0, 0.05) is 25.8 Å². The highest BCUT2D eigenvalue weighted by molar-refractivity contribution is 5.85. The Hall–Kier alpha value is -1.04. The van der Waals surface area contributed by atoms with Crippen LogP contribution in [0.15, 0.2) is 24.4 Å². The smallest absolute Gasteiger partial charge is 0.224 e. The Morgan fingerprint density at radius 2 is 2.09 bits per heavy atom. The van der Waals surface area contributed by atoms with Crippen LogP contribution in [0, 0.1) is 5.92 Å². The first kappa shape index (κ1) is 21.0. The topological polar surface area (TPSA) is 66.0 Å². The Labute approximate surface area is 144 Å². The summed E-state index contributed by atoms with van der Waals surface area (Å²) in [6.45, 7) is 3.52. The van der Waals surface area contributed by atoms with E-state index in [1.807, 2.05) is 18.2 Å². The van der Waals surface area contributed by atoms with Gasteiger partial charge in [-0.15, -0.1) is 24.8 Å². The third kappa shape index (κ3) is 7.82. The molecule has 5 nitrogen and oxygen atoms in total. The van der Waals surface area contributed by atoms with Gasteiger partial charge in [0.05, 0.1) is 5.92 Å². The van der Waals surface area contributed by atoms with Crippen LogP contribution in [-0.2, 0) is 4.79 Å². The summed E-state index contributed by atoms with van der Waals surface area (Å²) >= 11 is 0. The third-order valence-electron chi connectivity index (χ3n) is 3.54. The molecule has 7 heteroatoms. The zero-order chi connectivity index (χ0) is 14.0. The largest absolute Gasteiger partial charge is 0.370 e. The minimum absolute atomic E-state index is 0. The molecular formula is C15H26Cl2N4O. The second-order valence-electron chi connectivity index (χ2n) is 5.18. The number of hydrogen-bond acceptors (Lipinski definition) is 4. The Morgan fingerprint density at radius 1 is 1.27 bits per heavy atom. The maximum absolute atomic E-state index is 11.9. The first-order valence-corrected chi connectivity index (χ1v) is 7.49. The van der Waals surface area contributed by atoms with Crippen molar-refractivity contribution in [3.63, 3.8) is 0 Å². The first-order valence-electron chi connectivity index (χ1n) is 7.49. The number of carbonyl (C=O) groups excluding carboxylic acids is 1. The van der Waals surface area contributed by atoms with Gasteiger partial charge in [-0.05, 0) is 44.4 Å². The predicted molar refractivity (Wildman–Crippen MR) is 95.1 cm³/mol. The molecule has 0 aromatic carbocycles. The van der Waals surface area contributed by atoms with E-state index in [9.17, 15) is 4.79 Å². The second kappa shape index (κ2) is 12.5. The molecule has 0 bridgehead atoms. The Kier molecular flexibility index (Phi) is 11.9. The van der Waals surface area contributed by atoms with Crippen LogP contribution < -0.4 is 16.0 Å². The lowest BCUT2D eigenvalue weighted by Gasteiger charge is -2.21. The summed E-state index contributed by atoms with van der Waals surface area (Å²) in [5.74, 6) is 1.27. The van der Waals surface area contributed by atoms with Crippen molar-refractivity contribution in [2.24, 2.45) is 5.92 Å². The number of anilines is 1. The number of halogens is 2. The van der Waals surface area contributed by atoms with Gasteiger partial charge in [-0.25, -0.2) is 4.98 Å². The van der Waals surface area contributed by atoms with Crippen LogP contribution >= 0.6 is 24.8 Å². The van der Waals surface area contributed by atoms with Crippen molar-refractivity contribution in [1.29, 1.82) is 0 Å². The fraction of sp³-hybridized carbons (Fsp3) is 0.600. The van der Waals surface area contributed by atoms with Crippen LogP contribution in [0.3, 0.4) is 0 Å². The summed E-state index contributed by atoms with van der Waals surface area (Å²) in [6.07, 6.45) is 5.92. The quantitative estimate of drug-likeness (QED) is 0.661. The number of nitrogens with zero attached hydrogens (tertiary/aromatic N) is 1. The molecule has 3 N–H and O–H groups in total. The minimum atomic E-state index is 0. The van der Waals surface area contributed by atoms with E-state index in [4.69, 9.17) is 0 Å². The number of rotatable bonds is 7. The number of carbonyl (C=O) groups is 1. The average Bonchev–Trinajstić information content (AvgIpc) is 2.52. The highest BCUT2D eigenvalue weighted by Gasteiger charge is 2.19. The van der Waals surface area contributed by atoms with E-state index in [0.29, 0.717) is 0 Å². The highest BCUT2D eigenvalue weighted by Crippen LogP contribution is 2.09. The molecule has 0 aliphatic carbocycles. The van der Waals surface area contributed by atoms with Crippen LogP contribution in [0.5, 0.6) is 0 Å². The molecule has 2 rings (SSSR count). The fourth-order valence-corrected chi connectivity index (χ4v) is 2.37. The minimum Gasteiger partial charge on any atom is -0.370 e. The molecule has 1 atom stereocenters. The molecule has 1 amide bonds. The normalized spacial score (nSPS) is 16.8. The molecule has 2 heterocycles. The maximum atomic E-state index is 11.9. The number of unbranched alkanes of at least 4 members (excludes halogenated alkanes) is 1. The van der Waals surface area contributed by atoms with Crippen molar-refractivity contribution in [3.8, 4) is 0 Å². The zero-order valence-electron chi connectivity index (χ0n) is 12.7. The molecular weight excluding hydrogens is 323 g/mol. The molecule has 1 saturated heterocycles. The first-order chi connectivity index (χ1) is 9.86. The molecule has 126 valence electrons. The Bertz CT molecular complexity index is 400. The monoisotopic (exact) mass is 348 g/mol. The average molecular weight is 349 g/mol. The standard InChI is InChI=1S/C15H24N4O.2ClH/c20-15(13-6-5-8-16-12-13)19-11-4-3-10-18-14-7-1-2-9-17-14;;/h1-2,7,9,13,16H,3-6,8,10-12H2,(H,17,18)(H,19,20);2*1H. The summed E-state index contributed by atoms with van der Waals surface area (Å²) in [5, 5.41) is 9.56. The van der Waals surface area contributed by atoms with Crippen molar-refractivity contribution in [2.75, 3.05) is 31.5 Å². The van der Waals surface area contributed by atoms with E-state index in [1.165, 1.54) is 0 Å². The number of aromatic nitrogens is 1. The summed E-state index contributed by atoms with van der Waals surface area (Å²) in [5.41, 5.74) is 0. The third-order valence-corrected chi connectivity index (χ3v) is 3.54. The van der Waals surface area contributed by atoms with E-state index >= 15 is 0 Å². The zero-order valence-corrected chi connectivity index (χ0v) is 14.3. The molecule has 1 aromatic rings. The molecule has 1 aliphatic heterocycles. The van der Waals surface area contributed by atoms with Crippen LogP contribution in [0.25, 0.3) is 0 Å². The van der Waals surface area contributed by atoms with Crippen molar-refractivity contribution in [1.82, 2.24) is 15.6 Å². The number of pyridine rings is 1. The highest BCUT2D eigenvalue weighted by atomic mass is 35.5. The van der Waals surface area contributed by atoms with Gasteiger partial charge in [0.2, 0.25) is 5.91 Å². The van der Waals surface area contributed by atoms with Crippen LogP contribution in [0.1, 0.15) is 25.7 Å². The van der Waals surface area contributed by atoms with Gasteiger partial charge in [-0.2, -0.15) is 0 Å². The SMILES string of the molecule is Cl.Cl.O=C(NCCCCNc1ccccn1)C1CCCNC1. The van der Waals surface area contributed by atoms with E-state index in [-0.39, 0.29) is 36.6 Å². The van der Waals surface area contributed by atoms with E-state index < -0.39 is 0 Å². The lowest BCUT2D eigenvalue weighted by molar-refractivity contribution is -0.125. The van der Waals surface area contributed by atoms with Crippen molar-refractivity contribution in [3.05, 3.63) is 24.4 Å². The summed E-state index contributed by atoms with van der Waals surface area (Å²) < 4.78 is 0. The van der Waals surface area contributed by atoms with Crippen LogP contribution in [-0.4, -0.2) is 37.1 Å². The molecule has 1 aromatic heterocycles.